The van der Waals surface area contributed by atoms with Gasteiger partial charge in [0.1, 0.15) is 5.92 Å². The number of nitrogens with two attached hydrogens (primary N) is 1. The average molecular weight is 346 g/mol. The lowest BCUT2D eigenvalue weighted by atomic mass is 10.0. The fourth-order valence-corrected chi connectivity index (χ4v) is 2.48. The molecular formula is C15H21Cl2N3O2. The van der Waals surface area contributed by atoms with Crippen molar-refractivity contribution >= 4 is 41.5 Å². The molecular weight excluding hydrogens is 325 g/mol. The minimum Gasteiger partial charge on any atom is -0.349 e. The maximum atomic E-state index is 12.4. The van der Waals surface area contributed by atoms with Crippen LogP contribution in [0, 0.1) is 5.92 Å². The predicted octanol–water partition coefficient (Wildman–Crippen LogP) is 1.97. The molecule has 1 aromatic rings. The number of hydrogen-bond donors (Lipinski definition) is 2. The minimum atomic E-state index is -0.658. The highest BCUT2D eigenvalue weighted by Crippen LogP contribution is 2.27. The molecule has 0 bridgehead atoms. The molecule has 122 valence electrons. The summed E-state index contributed by atoms with van der Waals surface area (Å²) >= 11 is 5.94. The summed E-state index contributed by atoms with van der Waals surface area (Å²) in [6, 6.07) is 7.08. The lowest BCUT2D eigenvalue weighted by molar-refractivity contribution is -0.133. The Hall–Kier alpha value is -1.30. The van der Waals surface area contributed by atoms with Crippen LogP contribution in [0.2, 0.25) is 5.02 Å². The molecule has 1 fully saturated rings. The van der Waals surface area contributed by atoms with Gasteiger partial charge in [0.2, 0.25) is 11.8 Å². The zero-order chi connectivity index (χ0) is 15.6. The van der Waals surface area contributed by atoms with Gasteiger partial charge in [-0.15, -0.1) is 12.4 Å². The first-order chi connectivity index (χ1) is 9.84. The molecule has 2 rings (SSSR count). The second kappa shape index (κ2) is 7.31. The van der Waals surface area contributed by atoms with Crippen molar-refractivity contribution in [3.63, 3.8) is 0 Å². The van der Waals surface area contributed by atoms with Crippen molar-refractivity contribution < 1.29 is 9.59 Å². The Morgan fingerprint density at radius 1 is 1.50 bits per heavy atom. The van der Waals surface area contributed by atoms with Crippen molar-refractivity contribution in [3.8, 4) is 0 Å². The van der Waals surface area contributed by atoms with E-state index in [1.54, 1.807) is 23.1 Å². The average Bonchev–Trinajstić information content (AvgIpc) is 2.80. The van der Waals surface area contributed by atoms with Crippen LogP contribution >= 0.6 is 24.0 Å². The topological polar surface area (TPSA) is 75.4 Å². The molecule has 1 heterocycles. The van der Waals surface area contributed by atoms with Crippen LogP contribution < -0.4 is 16.0 Å². The number of rotatable bonds is 4. The molecule has 1 aliphatic rings. The molecule has 2 amide bonds. The Balaban J connectivity index is 0.00000242. The van der Waals surface area contributed by atoms with E-state index in [2.05, 4.69) is 5.32 Å². The third-order valence-corrected chi connectivity index (χ3v) is 3.85. The lowest BCUT2D eigenvalue weighted by Crippen LogP contribution is -2.51. The fourth-order valence-electron chi connectivity index (χ4n) is 2.30. The van der Waals surface area contributed by atoms with Crippen molar-refractivity contribution in [2.45, 2.75) is 25.8 Å². The Labute approximate surface area is 141 Å². The van der Waals surface area contributed by atoms with Crippen molar-refractivity contribution in [2.24, 2.45) is 11.7 Å². The lowest BCUT2D eigenvalue weighted by Gasteiger charge is -2.25. The summed E-state index contributed by atoms with van der Waals surface area (Å²) < 4.78 is 0. The van der Waals surface area contributed by atoms with Crippen molar-refractivity contribution in [3.05, 3.63) is 29.3 Å². The number of nitrogens with zero attached hydrogens (tertiary/aromatic N) is 1. The molecule has 1 aliphatic heterocycles. The van der Waals surface area contributed by atoms with Crippen LogP contribution in [-0.2, 0) is 9.59 Å². The maximum absolute atomic E-state index is 12.4. The smallest absolute Gasteiger partial charge is 0.239 e. The molecule has 3 N–H and O–H groups in total. The van der Waals surface area contributed by atoms with Crippen LogP contribution in [0.5, 0.6) is 0 Å². The normalized spacial score (nSPS) is 18.1. The van der Waals surface area contributed by atoms with Gasteiger partial charge in [0, 0.05) is 29.3 Å². The van der Waals surface area contributed by atoms with Gasteiger partial charge in [-0.05, 0) is 38.5 Å². The highest BCUT2D eigenvalue weighted by molar-refractivity contribution is 6.31. The monoisotopic (exact) mass is 345 g/mol. The van der Waals surface area contributed by atoms with E-state index in [0.717, 1.165) is 5.69 Å². The van der Waals surface area contributed by atoms with E-state index in [1.165, 1.54) is 0 Å². The van der Waals surface area contributed by atoms with E-state index in [-0.39, 0.29) is 24.2 Å². The number of hydrogen-bond acceptors (Lipinski definition) is 3. The molecule has 5 nitrogen and oxygen atoms in total. The van der Waals surface area contributed by atoms with E-state index >= 15 is 0 Å². The van der Waals surface area contributed by atoms with Gasteiger partial charge >= 0.3 is 0 Å². The molecule has 1 atom stereocenters. The fraction of sp³-hybridized carbons (Fsp3) is 0.467. The summed E-state index contributed by atoms with van der Waals surface area (Å²) in [7, 11) is 0. The van der Waals surface area contributed by atoms with Crippen LogP contribution in [0.3, 0.4) is 0 Å². The zero-order valence-corrected chi connectivity index (χ0v) is 14.2. The second-order valence-corrected chi connectivity index (χ2v) is 6.32. The molecule has 1 unspecified atom stereocenters. The van der Waals surface area contributed by atoms with Crippen LogP contribution in [0.25, 0.3) is 0 Å². The summed E-state index contributed by atoms with van der Waals surface area (Å²) in [5, 5.41) is 3.39. The van der Waals surface area contributed by atoms with Gasteiger partial charge in [-0.1, -0.05) is 17.7 Å². The van der Waals surface area contributed by atoms with Gasteiger partial charge in [-0.2, -0.15) is 0 Å². The van der Waals surface area contributed by atoms with Crippen LogP contribution in [0.4, 0.5) is 5.69 Å². The number of carbonyl (C=O) groups excluding carboxylic acids is 2. The molecule has 0 radical (unpaired) electrons. The molecule has 22 heavy (non-hydrogen) atoms. The van der Waals surface area contributed by atoms with E-state index < -0.39 is 11.5 Å². The number of anilines is 1. The maximum Gasteiger partial charge on any atom is 0.239 e. The Morgan fingerprint density at radius 2 is 2.18 bits per heavy atom. The van der Waals surface area contributed by atoms with Gasteiger partial charge < -0.3 is 16.0 Å². The summed E-state index contributed by atoms with van der Waals surface area (Å²) in [6.45, 7) is 4.50. The van der Waals surface area contributed by atoms with Crippen LogP contribution in [-0.4, -0.2) is 30.4 Å². The standard InChI is InChI=1S/C15H20ClN3O2.ClH/c1-15(2,9-17)18-13(20)12-6-7-19(14(12)21)11-5-3-4-10(16)8-11;/h3-5,8,12H,6-7,9,17H2,1-2H3,(H,18,20);1H. The number of amides is 2. The van der Waals surface area contributed by atoms with Gasteiger partial charge in [0.15, 0.2) is 0 Å². The Bertz CT molecular complexity index is 563. The van der Waals surface area contributed by atoms with Gasteiger partial charge in [0.05, 0.1) is 0 Å². The van der Waals surface area contributed by atoms with E-state index in [0.29, 0.717) is 24.5 Å². The predicted molar refractivity (Wildman–Crippen MR) is 90.4 cm³/mol. The molecule has 0 aromatic heterocycles. The number of halogens is 2. The Kier molecular flexibility index (Phi) is 6.23. The summed E-state index contributed by atoms with van der Waals surface area (Å²) in [6.07, 6.45) is 0.498. The van der Waals surface area contributed by atoms with Crippen molar-refractivity contribution in [1.29, 1.82) is 0 Å². The molecule has 0 aliphatic carbocycles. The first kappa shape index (κ1) is 18.7. The number of nitrogens with one attached hydrogen (secondary N) is 1. The van der Waals surface area contributed by atoms with Crippen LogP contribution in [0.15, 0.2) is 24.3 Å². The van der Waals surface area contributed by atoms with Gasteiger partial charge in [0.25, 0.3) is 0 Å². The minimum absolute atomic E-state index is 0. The van der Waals surface area contributed by atoms with Gasteiger partial charge in [-0.25, -0.2) is 0 Å². The summed E-state index contributed by atoms with van der Waals surface area (Å²) in [5.41, 5.74) is 5.81. The van der Waals surface area contributed by atoms with Crippen molar-refractivity contribution in [2.75, 3.05) is 18.0 Å². The number of benzene rings is 1. The van der Waals surface area contributed by atoms with E-state index in [4.69, 9.17) is 17.3 Å². The SMILES string of the molecule is CC(C)(CN)NC(=O)C1CCN(c2cccc(Cl)c2)C1=O.Cl. The number of carbonyl (C=O) groups is 2. The largest absolute Gasteiger partial charge is 0.349 e. The third kappa shape index (κ3) is 4.12. The first-order valence-electron chi connectivity index (χ1n) is 6.93. The Morgan fingerprint density at radius 3 is 2.77 bits per heavy atom. The highest BCUT2D eigenvalue weighted by Gasteiger charge is 2.39. The molecule has 0 spiro atoms. The molecule has 1 saturated heterocycles. The first-order valence-corrected chi connectivity index (χ1v) is 7.31. The highest BCUT2D eigenvalue weighted by atomic mass is 35.5. The van der Waals surface area contributed by atoms with Crippen molar-refractivity contribution in [1.82, 2.24) is 5.32 Å². The molecule has 1 aromatic carbocycles. The molecule has 0 saturated carbocycles. The second-order valence-electron chi connectivity index (χ2n) is 5.89. The quantitative estimate of drug-likeness (QED) is 0.819. The summed E-state index contributed by atoms with van der Waals surface area (Å²) in [5.74, 6) is -1.11. The molecule has 7 heteroatoms. The zero-order valence-electron chi connectivity index (χ0n) is 12.6. The van der Waals surface area contributed by atoms with Crippen LogP contribution in [0.1, 0.15) is 20.3 Å². The third-order valence-electron chi connectivity index (χ3n) is 3.61. The van der Waals surface area contributed by atoms with Gasteiger partial charge in [-0.3, -0.25) is 9.59 Å². The summed E-state index contributed by atoms with van der Waals surface area (Å²) in [4.78, 5) is 26.3. The van der Waals surface area contributed by atoms with E-state index in [1.807, 2.05) is 19.9 Å². The van der Waals surface area contributed by atoms with E-state index in [9.17, 15) is 9.59 Å².